The molecule has 1 heterocycles. The molecule has 1 unspecified atom stereocenters. The minimum atomic E-state index is -3.38. The monoisotopic (exact) mass is 445 g/mol. The summed E-state index contributed by atoms with van der Waals surface area (Å²) in [5.74, 6) is -0.280. The number of carbonyl (C=O) groups excluding carboxylic acids is 1. The zero-order valence-corrected chi connectivity index (χ0v) is 18.9. The Balaban J connectivity index is 1.80. The number of rotatable bonds is 8. The summed E-state index contributed by atoms with van der Waals surface area (Å²) < 4.78 is 24.1. The molecule has 4 N–H and O–H groups in total. The van der Waals surface area contributed by atoms with E-state index in [1.54, 1.807) is 44.3 Å². The van der Waals surface area contributed by atoms with Crippen molar-refractivity contribution in [3.8, 4) is 0 Å². The second-order valence-corrected chi connectivity index (χ2v) is 10.8. The number of aliphatic imine (C=N–C) groups is 1. The van der Waals surface area contributed by atoms with Crippen molar-refractivity contribution in [3.05, 3.63) is 47.0 Å². The first-order valence-corrected chi connectivity index (χ1v) is 12.2. The summed E-state index contributed by atoms with van der Waals surface area (Å²) in [6.07, 6.45) is 9.79. The number of hydrogen-bond acceptors (Lipinski definition) is 5. The average Bonchev–Trinajstić information content (AvgIpc) is 3.30. The highest BCUT2D eigenvalue weighted by Crippen LogP contribution is 2.37. The molecule has 0 radical (unpaired) electrons. The zero-order chi connectivity index (χ0) is 22.6. The van der Waals surface area contributed by atoms with Crippen molar-refractivity contribution in [2.75, 3.05) is 6.54 Å². The third kappa shape index (κ3) is 6.27. The Labute approximate surface area is 184 Å². The molecular formula is C23H31N3O4S. The van der Waals surface area contributed by atoms with E-state index < -0.39 is 21.4 Å². The van der Waals surface area contributed by atoms with Gasteiger partial charge in [-0.15, -0.1) is 0 Å². The van der Waals surface area contributed by atoms with E-state index in [1.165, 1.54) is 11.5 Å². The molecule has 168 valence electrons. The Morgan fingerprint density at radius 2 is 2.06 bits per heavy atom. The lowest BCUT2D eigenvalue weighted by molar-refractivity contribution is -0.119. The Hall–Kier alpha value is -2.45. The van der Waals surface area contributed by atoms with Crippen molar-refractivity contribution < 1.29 is 18.3 Å². The maximum Gasteiger partial charge on any atom is 0.255 e. The molecule has 3 rings (SSSR count). The van der Waals surface area contributed by atoms with Gasteiger partial charge in [-0.25, -0.2) is 8.42 Å². The van der Waals surface area contributed by atoms with Crippen LogP contribution in [0.3, 0.4) is 0 Å². The number of fused-ring (bicyclic) bond motifs is 1. The Bertz CT molecular complexity index is 1010. The summed E-state index contributed by atoms with van der Waals surface area (Å²) in [6.45, 7) is 3.69. The lowest BCUT2D eigenvalue weighted by Crippen LogP contribution is -2.32. The molecular weight excluding hydrogens is 414 g/mol. The fourth-order valence-electron chi connectivity index (χ4n) is 4.06. The van der Waals surface area contributed by atoms with Gasteiger partial charge in [-0.05, 0) is 61.6 Å². The number of carbonyl (C=O) groups is 1. The van der Waals surface area contributed by atoms with E-state index in [2.05, 4.69) is 10.3 Å². The van der Waals surface area contributed by atoms with Gasteiger partial charge in [-0.1, -0.05) is 31.7 Å². The van der Waals surface area contributed by atoms with Crippen LogP contribution in [0.5, 0.6) is 0 Å². The van der Waals surface area contributed by atoms with Gasteiger partial charge in [0.25, 0.3) is 5.91 Å². The molecule has 0 aromatic heterocycles. The molecule has 2 aliphatic rings. The Morgan fingerprint density at radius 1 is 1.35 bits per heavy atom. The van der Waals surface area contributed by atoms with Crippen molar-refractivity contribution in [3.63, 3.8) is 0 Å². The number of hydrogen-bond donors (Lipinski definition) is 3. The molecule has 1 aromatic carbocycles. The summed E-state index contributed by atoms with van der Waals surface area (Å²) in [7, 11) is -3.38. The quantitative estimate of drug-likeness (QED) is 0.418. The van der Waals surface area contributed by atoms with Crippen molar-refractivity contribution in [2.24, 2.45) is 16.6 Å². The number of nitrogens with two attached hydrogens (primary N) is 1. The van der Waals surface area contributed by atoms with E-state index in [-0.39, 0.29) is 16.6 Å². The molecule has 0 spiro atoms. The third-order valence-electron chi connectivity index (χ3n) is 5.66. The largest absolute Gasteiger partial charge is 0.389 e. The minimum absolute atomic E-state index is 0.0771. The van der Waals surface area contributed by atoms with E-state index in [4.69, 9.17) is 5.73 Å². The van der Waals surface area contributed by atoms with Gasteiger partial charge in [0.2, 0.25) is 0 Å². The van der Waals surface area contributed by atoms with Gasteiger partial charge in [0.1, 0.15) is 5.84 Å². The zero-order valence-electron chi connectivity index (χ0n) is 18.0. The lowest BCUT2D eigenvalue weighted by atomic mass is 9.86. The number of nitrogens with one attached hydrogen (secondary N) is 1. The molecule has 1 atom stereocenters. The van der Waals surface area contributed by atoms with Gasteiger partial charge >= 0.3 is 0 Å². The topological polar surface area (TPSA) is 122 Å². The fraction of sp³-hybridized carbons (Fsp3) is 0.478. The normalized spacial score (nSPS) is 19.6. The van der Waals surface area contributed by atoms with E-state index in [0.29, 0.717) is 24.4 Å². The van der Waals surface area contributed by atoms with Gasteiger partial charge in [0, 0.05) is 18.2 Å². The summed E-state index contributed by atoms with van der Waals surface area (Å²) in [6, 6.07) is 5.07. The number of benzene rings is 1. The summed E-state index contributed by atoms with van der Waals surface area (Å²) in [4.78, 5) is 17.4. The van der Waals surface area contributed by atoms with Crippen LogP contribution in [0.4, 0.5) is 0 Å². The highest BCUT2D eigenvalue weighted by molar-refractivity contribution is 7.94. The van der Waals surface area contributed by atoms with Gasteiger partial charge < -0.3 is 16.2 Å². The van der Waals surface area contributed by atoms with E-state index in [9.17, 15) is 18.3 Å². The number of aliphatic hydroxyl groups is 1. The second-order valence-electron chi connectivity index (χ2n) is 8.99. The number of nitrogens with zero attached hydrogens (tertiary/aromatic N) is 1. The van der Waals surface area contributed by atoms with Crippen LogP contribution in [0.25, 0.3) is 6.08 Å². The van der Waals surface area contributed by atoms with Crippen molar-refractivity contribution in [1.82, 2.24) is 5.32 Å². The molecule has 31 heavy (non-hydrogen) atoms. The maximum absolute atomic E-state index is 13.1. The second kappa shape index (κ2) is 9.36. The minimum Gasteiger partial charge on any atom is -0.389 e. The highest BCUT2D eigenvalue weighted by Gasteiger charge is 2.29. The predicted octanol–water partition coefficient (Wildman–Crippen LogP) is 2.87. The molecule has 7 nitrogen and oxygen atoms in total. The van der Waals surface area contributed by atoms with Crippen molar-refractivity contribution in [2.45, 2.75) is 62.4 Å². The summed E-state index contributed by atoms with van der Waals surface area (Å²) >= 11 is 0. The van der Waals surface area contributed by atoms with Gasteiger partial charge in [0.15, 0.2) is 9.84 Å². The van der Waals surface area contributed by atoms with E-state index in [1.807, 2.05) is 0 Å². The van der Waals surface area contributed by atoms with Gasteiger partial charge in [0.05, 0.1) is 16.4 Å². The third-order valence-corrected chi connectivity index (χ3v) is 7.14. The molecule has 1 fully saturated rings. The van der Waals surface area contributed by atoms with Crippen LogP contribution >= 0.6 is 0 Å². The summed E-state index contributed by atoms with van der Waals surface area (Å²) in [5, 5.41) is 13.8. The number of amides is 1. The molecule has 1 amide bonds. The SMILES string of the molecule is CC(C)(O)CN/C=C\C(N)=NC(=O)C(CC1CCCC1)c1ccc2c(c1)C=CS2(=O)=O. The lowest BCUT2D eigenvalue weighted by Gasteiger charge is -2.19. The maximum atomic E-state index is 13.1. The Kier molecular flexibility index (Phi) is 7.01. The highest BCUT2D eigenvalue weighted by atomic mass is 32.2. The molecule has 8 heteroatoms. The van der Waals surface area contributed by atoms with Crippen molar-refractivity contribution in [1.29, 1.82) is 0 Å². The van der Waals surface area contributed by atoms with Gasteiger partial charge in [-0.3, -0.25) is 4.79 Å². The molecule has 1 saturated carbocycles. The molecule has 0 saturated heterocycles. The molecule has 0 bridgehead atoms. The Morgan fingerprint density at radius 3 is 2.74 bits per heavy atom. The fourth-order valence-corrected chi connectivity index (χ4v) is 5.25. The smallest absolute Gasteiger partial charge is 0.255 e. The van der Waals surface area contributed by atoms with Crippen LogP contribution in [-0.4, -0.2) is 37.4 Å². The molecule has 1 aliphatic heterocycles. The van der Waals surface area contributed by atoms with Crippen LogP contribution in [0.2, 0.25) is 0 Å². The average molecular weight is 446 g/mol. The van der Waals surface area contributed by atoms with Crippen LogP contribution in [-0.2, 0) is 14.6 Å². The number of amidine groups is 1. The van der Waals surface area contributed by atoms with Gasteiger partial charge in [-0.2, -0.15) is 4.99 Å². The first-order chi connectivity index (χ1) is 14.5. The molecule has 1 aliphatic carbocycles. The van der Waals surface area contributed by atoms with Crippen LogP contribution in [0.15, 0.2) is 45.8 Å². The predicted molar refractivity (Wildman–Crippen MR) is 122 cm³/mol. The van der Waals surface area contributed by atoms with Crippen LogP contribution in [0.1, 0.15) is 63.0 Å². The first kappa shape index (κ1) is 23.2. The van der Waals surface area contributed by atoms with E-state index in [0.717, 1.165) is 31.2 Å². The molecule has 1 aromatic rings. The standard InChI is InChI=1S/C23H31N3O4S/c1-23(2,28)15-25-11-9-21(24)26-22(27)19(13-16-5-3-4-6-16)17-7-8-20-18(14-17)10-12-31(20,29)30/h7-12,14,16,19,25,28H,3-6,13,15H2,1-2H3,(H2,24,26,27)/b11-9-. The van der Waals surface area contributed by atoms with Crippen LogP contribution in [0, 0.1) is 5.92 Å². The van der Waals surface area contributed by atoms with Crippen molar-refractivity contribution >= 4 is 27.7 Å². The number of sulfone groups is 1. The van der Waals surface area contributed by atoms with E-state index >= 15 is 0 Å². The summed E-state index contributed by atoms with van der Waals surface area (Å²) in [5.41, 5.74) is 6.42. The first-order valence-electron chi connectivity index (χ1n) is 10.6. The van der Waals surface area contributed by atoms with Crippen LogP contribution < -0.4 is 11.1 Å².